The number of rotatable bonds is 7. The molecule has 0 fully saturated rings. The Kier molecular flexibility index (Phi) is 5.21. The molecule has 2 atom stereocenters. The lowest BCUT2D eigenvalue weighted by molar-refractivity contribution is -0.734. The third-order valence-electron chi connectivity index (χ3n) is 3.43. The number of hydrogen-bond acceptors (Lipinski definition) is 4. The topological polar surface area (TPSA) is 99.9 Å². The first-order valence-electron chi connectivity index (χ1n) is 6.86. The molecule has 6 heteroatoms. The summed E-state index contributed by atoms with van der Waals surface area (Å²) in [5.41, 5.74) is 1.25. The highest BCUT2D eigenvalue weighted by Crippen LogP contribution is 2.18. The van der Waals surface area contributed by atoms with Crippen LogP contribution in [0.2, 0.25) is 0 Å². The van der Waals surface area contributed by atoms with E-state index >= 15 is 0 Å². The summed E-state index contributed by atoms with van der Waals surface area (Å²) in [6.45, 7) is 0.330. The number of hydrogen-bond donors (Lipinski definition) is 1. The van der Waals surface area contributed by atoms with Gasteiger partial charge in [-0.15, -0.1) is 0 Å². The van der Waals surface area contributed by atoms with Gasteiger partial charge in [-0.3, -0.25) is 10.1 Å². The van der Waals surface area contributed by atoms with Gasteiger partial charge in [0.05, 0.1) is 0 Å². The van der Waals surface area contributed by atoms with Crippen molar-refractivity contribution in [2.24, 2.45) is 0 Å². The minimum atomic E-state index is -1.44. The molecule has 0 heterocycles. The van der Waals surface area contributed by atoms with Crippen LogP contribution in [0.4, 0.5) is 0 Å². The van der Waals surface area contributed by atoms with Crippen molar-refractivity contribution in [3.63, 3.8) is 0 Å². The average molecular weight is 300 g/mol. The molecule has 0 saturated heterocycles. The summed E-state index contributed by atoms with van der Waals surface area (Å²) >= 11 is 0. The predicted octanol–water partition coefficient (Wildman–Crippen LogP) is -0.113. The molecule has 2 N–H and O–H groups in total. The number of carboxylic acid groups (broad SMARTS) is 1. The highest BCUT2D eigenvalue weighted by atomic mass is 16.6. The van der Waals surface area contributed by atoms with Crippen molar-refractivity contribution in [2.45, 2.75) is 18.6 Å². The van der Waals surface area contributed by atoms with Crippen LogP contribution in [0.15, 0.2) is 60.7 Å². The number of nitrogens with two attached hydrogens (primary N) is 1. The maximum atomic E-state index is 11.4. The molecule has 0 saturated carbocycles. The fraction of sp³-hybridized carbons (Fsp3) is 0.188. The van der Waals surface area contributed by atoms with Crippen molar-refractivity contribution < 1.29 is 20.1 Å². The van der Waals surface area contributed by atoms with E-state index in [0.29, 0.717) is 12.1 Å². The van der Waals surface area contributed by atoms with Crippen LogP contribution >= 0.6 is 0 Å². The Labute approximate surface area is 127 Å². The van der Waals surface area contributed by atoms with Gasteiger partial charge in [0.1, 0.15) is 12.5 Å². The Morgan fingerprint density at radius 2 is 1.59 bits per heavy atom. The number of carbonyl (C=O) groups is 1. The van der Waals surface area contributed by atoms with Crippen molar-refractivity contribution in [3.05, 3.63) is 81.9 Å². The van der Waals surface area contributed by atoms with Crippen LogP contribution in [-0.2, 0) is 11.3 Å². The SMILES string of the molecule is O=C([O-])C([NH2+]Cc1ccccc1)C(c1ccccc1)[N+](=O)[O-]. The number of nitrogens with zero attached hydrogens (tertiary/aromatic N) is 1. The first-order chi connectivity index (χ1) is 10.6. The summed E-state index contributed by atoms with van der Waals surface area (Å²) in [7, 11) is 0. The van der Waals surface area contributed by atoms with Crippen molar-refractivity contribution in [1.29, 1.82) is 0 Å². The molecule has 114 valence electrons. The van der Waals surface area contributed by atoms with Crippen LogP contribution in [0.25, 0.3) is 0 Å². The molecule has 2 rings (SSSR count). The van der Waals surface area contributed by atoms with E-state index in [1.807, 2.05) is 30.3 Å². The molecule has 0 radical (unpaired) electrons. The Morgan fingerprint density at radius 3 is 2.09 bits per heavy atom. The first kappa shape index (κ1) is 15.7. The normalized spacial score (nSPS) is 13.3. The zero-order chi connectivity index (χ0) is 15.9. The van der Waals surface area contributed by atoms with Crippen LogP contribution in [0, 0.1) is 10.1 Å². The lowest BCUT2D eigenvalue weighted by Crippen LogP contribution is -2.93. The highest BCUT2D eigenvalue weighted by Gasteiger charge is 2.37. The second kappa shape index (κ2) is 7.33. The number of aliphatic carboxylic acids is 1. The van der Waals surface area contributed by atoms with Gasteiger partial charge in [-0.25, -0.2) is 0 Å². The van der Waals surface area contributed by atoms with Crippen molar-refractivity contribution in [1.82, 2.24) is 0 Å². The van der Waals surface area contributed by atoms with E-state index < -0.39 is 23.0 Å². The maximum absolute atomic E-state index is 11.4. The van der Waals surface area contributed by atoms with Gasteiger partial charge in [0.15, 0.2) is 6.04 Å². The number of benzene rings is 2. The summed E-state index contributed by atoms with van der Waals surface area (Å²) in [5.74, 6) is -1.44. The quantitative estimate of drug-likeness (QED) is 0.569. The Balaban J connectivity index is 2.21. The number of carboxylic acids is 1. The molecule has 2 aromatic rings. The van der Waals surface area contributed by atoms with Crippen LogP contribution in [-0.4, -0.2) is 16.9 Å². The molecule has 22 heavy (non-hydrogen) atoms. The van der Waals surface area contributed by atoms with Gasteiger partial charge in [0, 0.05) is 16.1 Å². The van der Waals surface area contributed by atoms with E-state index in [-0.39, 0.29) is 0 Å². The molecule has 2 aromatic carbocycles. The molecule has 0 aliphatic rings. The standard InChI is InChI=1S/C16H16N2O4/c19-16(20)14(17-11-12-7-3-1-4-8-12)15(18(21)22)13-9-5-2-6-10-13/h1-10,14-15,17H,11H2,(H,19,20). The fourth-order valence-electron chi connectivity index (χ4n) is 2.34. The summed E-state index contributed by atoms with van der Waals surface area (Å²) in [4.78, 5) is 22.2. The van der Waals surface area contributed by atoms with Crippen molar-refractivity contribution >= 4 is 5.97 Å². The predicted molar refractivity (Wildman–Crippen MR) is 77.0 cm³/mol. The Hall–Kier alpha value is -2.73. The monoisotopic (exact) mass is 300 g/mol. The summed E-state index contributed by atoms with van der Waals surface area (Å²) in [6, 6.07) is 14.7. The van der Waals surface area contributed by atoms with Crippen LogP contribution < -0.4 is 10.4 Å². The van der Waals surface area contributed by atoms with Gasteiger partial charge in [0.2, 0.25) is 0 Å². The molecule has 0 aliphatic carbocycles. The Bertz CT molecular complexity index is 631. The number of nitro groups is 1. The molecule has 0 aliphatic heterocycles. The molecule has 6 nitrogen and oxygen atoms in total. The van der Waals surface area contributed by atoms with E-state index in [1.54, 1.807) is 30.3 Å². The number of carbonyl (C=O) groups excluding carboxylic acids is 1. The van der Waals surface area contributed by atoms with Gasteiger partial charge >= 0.3 is 0 Å². The van der Waals surface area contributed by atoms with Crippen LogP contribution in [0.1, 0.15) is 17.2 Å². The summed E-state index contributed by atoms with van der Waals surface area (Å²) in [6.07, 6.45) is 0. The smallest absolute Gasteiger partial charge is 0.294 e. The lowest BCUT2D eigenvalue weighted by Gasteiger charge is -2.20. The van der Waals surface area contributed by atoms with Crippen LogP contribution in [0.3, 0.4) is 0 Å². The summed E-state index contributed by atoms with van der Waals surface area (Å²) in [5, 5.41) is 24.2. The van der Waals surface area contributed by atoms with Crippen molar-refractivity contribution in [2.75, 3.05) is 0 Å². The average Bonchev–Trinajstić information content (AvgIpc) is 2.52. The van der Waals surface area contributed by atoms with Gasteiger partial charge in [-0.05, 0) is 0 Å². The van der Waals surface area contributed by atoms with Gasteiger partial charge < -0.3 is 15.2 Å². The largest absolute Gasteiger partial charge is 0.544 e. The van der Waals surface area contributed by atoms with E-state index in [1.165, 1.54) is 5.32 Å². The van der Waals surface area contributed by atoms with E-state index in [0.717, 1.165) is 5.56 Å². The van der Waals surface area contributed by atoms with Crippen LogP contribution in [0.5, 0.6) is 0 Å². The molecule has 0 aromatic heterocycles. The lowest BCUT2D eigenvalue weighted by atomic mass is 9.99. The zero-order valence-corrected chi connectivity index (χ0v) is 11.8. The molecule has 0 bridgehead atoms. The molecule has 0 spiro atoms. The molecular formula is C16H16N2O4. The third kappa shape index (κ3) is 3.89. The second-order valence-electron chi connectivity index (χ2n) is 4.91. The zero-order valence-electron chi connectivity index (χ0n) is 11.8. The molecule has 0 amide bonds. The first-order valence-corrected chi connectivity index (χ1v) is 6.86. The van der Waals surface area contributed by atoms with Gasteiger partial charge in [-0.2, -0.15) is 0 Å². The highest BCUT2D eigenvalue weighted by molar-refractivity contribution is 5.70. The maximum Gasteiger partial charge on any atom is 0.294 e. The minimum absolute atomic E-state index is 0.330. The Morgan fingerprint density at radius 1 is 1.05 bits per heavy atom. The van der Waals surface area contributed by atoms with Gasteiger partial charge in [0.25, 0.3) is 6.04 Å². The third-order valence-corrected chi connectivity index (χ3v) is 3.43. The summed E-state index contributed by atoms with van der Waals surface area (Å²) < 4.78 is 0. The number of quaternary nitrogens is 1. The fourth-order valence-corrected chi connectivity index (χ4v) is 2.34. The van der Waals surface area contributed by atoms with Gasteiger partial charge in [-0.1, -0.05) is 60.7 Å². The van der Waals surface area contributed by atoms with Crippen molar-refractivity contribution in [3.8, 4) is 0 Å². The van der Waals surface area contributed by atoms with E-state index in [4.69, 9.17) is 0 Å². The second-order valence-corrected chi connectivity index (χ2v) is 4.91. The molecular weight excluding hydrogens is 284 g/mol. The minimum Gasteiger partial charge on any atom is -0.544 e. The van der Waals surface area contributed by atoms with E-state index in [9.17, 15) is 20.0 Å². The van der Waals surface area contributed by atoms with E-state index in [2.05, 4.69) is 0 Å². The molecule has 2 unspecified atom stereocenters.